The van der Waals surface area contributed by atoms with Crippen molar-refractivity contribution in [2.45, 2.75) is 13.8 Å². The van der Waals surface area contributed by atoms with E-state index in [-0.39, 0.29) is 0 Å². The second-order valence-corrected chi connectivity index (χ2v) is 6.33. The number of benzene rings is 2. The molecule has 2 heterocycles. The zero-order valence-electron chi connectivity index (χ0n) is 14.0. The Morgan fingerprint density at radius 3 is 2.88 bits per heavy atom. The fraction of sp³-hybridized carbons (Fsp3) is 0.278. The number of anilines is 2. The largest absolute Gasteiger partial charge is 0.497 e. The molecule has 0 radical (unpaired) electrons. The molecule has 6 heteroatoms. The number of hydrogen-bond acceptors (Lipinski definition) is 6. The van der Waals surface area contributed by atoms with Gasteiger partial charge in [0.1, 0.15) is 11.3 Å². The number of hydrazine groups is 2. The first-order valence-corrected chi connectivity index (χ1v) is 8.02. The van der Waals surface area contributed by atoms with E-state index < -0.39 is 0 Å². The van der Waals surface area contributed by atoms with Gasteiger partial charge in [0.15, 0.2) is 5.58 Å². The molecule has 0 amide bonds. The summed E-state index contributed by atoms with van der Waals surface area (Å²) in [5.74, 6) is 1.93. The van der Waals surface area contributed by atoms with Crippen molar-refractivity contribution in [3.63, 3.8) is 0 Å². The zero-order valence-corrected chi connectivity index (χ0v) is 14.0. The van der Waals surface area contributed by atoms with Gasteiger partial charge in [-0.3, -0.25) is 5.01 Å². The highest BCUT2D eigenvalue weighted by Gasteiger charge is 2.20. The van der Waals surface area contributed by atoms with E-state index in [0.29, 0.717) is 11.8 Å². The monoisotopic (exact) mass is 324 g/mol. The van der Waals surface area contributed by atoms with Crippen LogP contribution in [0, 0.1) is 5.92 Å². The lowest BCUT2D eigenvalue weighted by atomic mass is 10.1. The molecule has 6 nitrogen and oxygen atoms in total. The van der Waals surface area contributed by atoms with Crippen LogP contribution in [0.25, 0.3) is 22.6 Å². The Kier molecular flexibility index (Phi) is 3.54. The Bertz CT molecular complexity index is 888. The van der Waals surface area contributed by atoms with Crippen LogP contribution in [0.1, 0.15) is 13.8 Å². The third kappa shape index (κ3) is 2.55. The number of fused-ring (bicyclic) bond motifs is 2. The first-order valence-electron chi connectivity index (χ1n) is 8.02. The minimum absolute atomic E-state index is 0.567. The predicted molar refractivity (Wildman–Crippen MR) is 94.9 cm³/mol. The molecule has 0 spiro atoms. The lowest BCUT2D eigenvalue weighted by molar-refractivity contribution is 0.414. The van der Waals surface area contributed by atoms with Crippen molar-refractivity contribution in [2.75, 3.05) is 24.1 Å². The van der Waals surface area contributed by atoms with Crippen molar-refractivity contribution < 1.29 is 9.15 Å². The van der Waals surface area contributed by atoms with E-state index in [1.165, 1.54) is 0 Å². The lowest BCUT2D eigenvalue weighted by Gasteiger charge is -2.19. The van der Waals surface area contributed by atoms with E-state index >= 15 is 0 Å². The summed E-state index contributed by atoms with van der Waals surface area (Å²) in [6, 6.07) is 11.8. The molecule has 2 N–H and O–H groups in total. The average Bonchev–Trinajstić information content (AvgIpc) is 3.17. The number of hydrogen-bond donors (Lipinski definition) is 2. The first-order chi connectivity index (χ1) is 11.6. The highest BCUT2D eigenvalue weighted by Crippen LogP contribution is 2.35. The SMILES string of the molecule is COc1ccc2nc(-c3ccc4c(c3)NNN4CC(C)C)oc2c1. The molecule has 0 aliphatic carbocycles. The first kappa shape index (κ1) is 14.8. The smallest absolute Gasteiger partial charge is 0.227 e. The third-order valence-corrected chi connectivity index (χ3v) is 4.00. The van der Waals surface area contributed by atoms with Gasteiger partial charge in [0, 0.05) is 18.2 Å². The summed E-state index contributed by atoms with van der Waals surface area (Å²) in [5, 5.41) is 2.11. The number of nitrogens with zero attached hydrogens (tertiary/aromatic N) is 2. The molecule has 124 valence electrons. The molecule has 4 rings (SSSR count). The van der Waals surface area contributed by atoms with Gasteiger partial charge in [-0.2, -0.15) is 0 Å². The minimum atomic E-state index is 0.567. The summed E-state index contributed by atoms with van der Waals surface area (Å²) in [6.07, 6.45) is 0. The molecule has 3 aromatic rings. The molecule has 0 saturated heterocycles. The Hall–Kier alpha value is -2.73. The maximum atomic E-state index is 5.89. The number of rotatable bonds is 4. The minimum Gasteiger partial charge on any atom is -0.497 e. The van der Waals surface area contributed by atoms with E-state index in [2.05, 4.69) is 40.9 Å². The molecular weight excluding hydrogens is 304 g/mol. The molecule has 0 saturated carbocycles. The van der Waals surface area contributed by atoms with Gasteiger partial charge >= 0.3 is 0 Å². The van der Waals surface area contributed by atoms with Crippen LogP contribution in [-0.4, -0.2) is 18.6 Å². The summed E-state index contributed by atoms with van der Waals surface area (Å²) < 4.78 is 11.1. The predicted octanol–water partition coefficient (Wildman–Crippen LogP) is 3.81. The van der Waals surface area contributed by atoms with Crippen LogP contribution in [0.4, 0.5) is 11.4 Å². The molecule has 1 aliphatic heterocycles. The second-order valence-electron chi connectivity index (χ2n) is 6.33. The van der Waals surface area contributed by atoms with Gasteiger partial charge in [0.05, 0.1) is 18.5 Å². The third-order valence-electron chi connectivity index (χ3n) is 4.00. The summed E-state index contributed by atoms with van der Waals surface area (Å²) in [4.78, 5) is 4.57. The van der Waals surface area contributed by atoms with Gasteiger partial charge in [-0.05, 0) is 36.2 Å². The normalized spacial score (nSPS) is 13.4. The summed E-state index contributed by atoms with van der Waals surface area (Å²) in [6.45, 7) is 5.32. The van der Waals surface area contributed by atoms with Crippen molar-refractivity contribution in [1.29, 1.82) is 0 Å². The van der Waals surface area contributed by atoms with Gasteiger partial charge in [-0.25, -0.2) is 4.98 Å². The van der Waals surface area contributed by atoms with E-state index in [9.17, 15) is 0 Å². The lowest BCUT2D eigenvalue weighted by Crippen LogP contribution is -2.38. The Morgan fingerprint density at radius 2 is 2.08 bits per heavy atom. The van der Waals surface area contributed by atoms with E-state index in [0.717, 1.165) is 40.3 Å². The molecule has 0 fully saturated rings. The molecule has 2 aromatic carbocycles. The van der Waals surface area contributed by atoms with Crippen LogP contribution >= 0.6 is 0 Å². The molecular formula is C18H20N4O2. The summed E-state index contributed by atoms with van der Waals surface area (Å²) in [5.41, 5.74) is 11.0. The number of ether oxygens (including phenoxy) is 1. The highest BCUT2D eigenvalue weighted by molar-refractivity contribution is 5.81. The molecule has 1 aliphatic rings. The van der Waals surface area contributed by atoms with Crippen LogP contribution < -0.4 is 20.7 Å². The fourth-order valence-corrected chi connectivity index (χ4v) is 2.86. The topological polar surface area (TPSA) is 62.6 Å². The van der Waals surface area contributed by atoms with Crippen molar-refractivity contribution in [1.82, 2.24) is 10.5 Å². The fourth-order valence-electron chi connectivity index (χ4n) is 2.86. The van der Waals surface area contributed by atoms with E-state index in [1.54, 1.807) is 7.11 Å². The standard InChI is InChI=1S/C18H20N4O2/c1-11(2)10-22-16-7-4-12(8-15(16)20-21-22)18-19-14-6-5-13(23-3)9-17(14)24-18/h4-9,11,20-21H,10H2,1-3H3. The van der Waals surface area contributed by atoms with Gasteiger partial charge in [-0.1, -0.05) is 13.8 Å². The summed E-state index contributed by atoms with van der Waals surface area (Å²) >= 11 is 0. The van der Waals surface area contributed by atoms with Crippen LogP contribution in [-0.2, 0) is 0 Å². The Labute approximate surface area is 140 Å². The van der Waals surface area contributed by atoms with Crippen molar-refractivity contribution in [2.24, 2.45) is 5.92 Å². The van der Waals surface area contributed by atoms with Crippen molar-refractivity contribution in [3.8, 4) is 17.2 Å². The van der Waals surface area contributed by atoms with Crippen LogP contribution in [0.2, 0.25) is 0 Å². The Morgan fingerprint density at radius 1 is 1.21 bits per heavy atom. The van der Waals surface area contributed by atoms with Gasteiger partial charge < -0.3 is 14.6 Å². The van der Waals surface area contributed by atoms with Gasteiger partial charge in [0.2, 0.25) is 5.89 Å². The van der Waals surface area contributed by atoms with Crippen LogP contribution in [0.15, 0.2) is 40.8 Å². The average molecular weight is 324 g/mol. The summed E-state index contributed by atoms with van der Waals surface area (Å²) in [7, 11) is 1.64. The molecule has 24 heavy (non-hydrogen) atoms. The number of aromatic nitrogens is 1. The maximum absolute atomic E-state index is 5.89. The molecule has 0 bridgehead atoms. The number of oxazole rings is 1. The molecule has 0 atom stereocenters. The number of nitrogens with one attached hydrogen (secondary N) is 2. The van der Waals surface area contributed by atoms with E-state index in [4.69, 9.17) is 9.15 Å². The second kappa shape index (κ2) is 5.72. The maximum Gasteiger partial charge on any atom is 0.227 e. The van der Waals surface area contributed by atoms with E-state index in [1.807, 2.05) is 30.3 Å². The number of methoxy groups -OCH3 is 1. The molecule has 0 unspecified atom stereocenters. The van der Waals surface area contributed by atoms with Crippen LogP contribution in [0.3, 0.4) is 0 Å². The van der Waals surface area contributed by atoms with Gasteiger partial charge in [-0.15, -0.1) is 5.53 Å². The van der Waals surface area contributed by atoms with Crippen LogP contribution in [0.5, 0.6) is 5.75 Å². The van der Waals surface area contributed by atoms with Crippen molar-refractivity contribution in [3.05, 3.63) is 36.4 Å². The van der Waals surface area contributed by atoms with Gasteiger partial charge in [0.25, 0.3) is 0 Å². The highest BCUT2D eigenvalue weighted by atomic mass is 16.5. The Balaban J connectivity index is 1.68. The quantitative estimate of drug-likeness (QED) is 0.761. The molecule has 1 aromatic heterocycles. The van der Waals surface area contributed by atoms with Crippen molar-refractivity contribution >= 4 is 22.5 Å². The zero-order chi connectivity index (χ0) is 16.7.